The Kier molecular flexibility index (Phi) is 3.68. The van der Waals surface area contributed by atoms with E-state index < -0.39 is 5.97 Å². The van der Waals surface area contributed by atoms with E-state index in [1.165, 1.54) is 0 Å². The van der Waals surface area contributed by atoms with Gasteiger partial charge in [-0.2, -0.15) is 0 Å². The summed E-state index contributed by atoms with van der Waals surface area (Å²) >= 11 is 0. The largest absolute Gasteiger partial charge is 0.478 e. The Morgan fingerprint density at radius 1 is 1.13 bits per heavy atom. The molecule has 4 heteroatoms. The zero-order valence-corrected chi connectivity index (χ0v) is 13.6. The molecule has 1 aromatic heterocycles. The Morgan fingerprint density at radius 3 is 2.57 bits per heavy atom. The highest BCUT2D eigenvalue weighted by molar-refractivity contribution is 5.87. The smallest absolute Gasteiger partial charge is 0.335 e. The molecule has 2 aromatic carbocycles. The van der Waals surface area contributed by atoms with Gasteiger partial charge in [-0.05, 0) is 29.8 Å². The molecule has 0 saturated heterocycles. The maximum atomic E-state index is 11.2. The van der Waals surface area contributed by atoms with Gasteiger partial charge in [-0.15, -0.1) is 0 Å². The van der Waals surface area contributed by atoms with Gasteiger partial charge < -0.3 is 9.67 Å². The Bertz CT molecular complexity index is 872. The van der Waals surface area contributed by atoms with Gasteiger partial charge in [0, 0.05) is 12.0 Å². The first-order valence-corrected chi connectivity index (χ1v) is 7.64. The maximum Gasteiger partial charge on any atom is 0.335 e. The summed E-state index contributed by atoms with van der Waals surface area (Å²) in [7, 11) is 0. The van der Waals surface area contributed by atoms with Crippen LogP contribution in [0, 0.1) is 0 Å². The van der Waals surface area contributed by atoms with Gasteiger partial charge in [0.15, 0.2) is 0 Å². The molecule has 1 N–H and O–H groups in total. The van der Waals surface area contributed by atoms with Gasteiger partial charge in [0.1, 0.15) is 5.82 Å². The fraction of sp³-hybridized carbons (Fsp3) is 0.263. The van der Waals surface area contributed by atoms with E-state index in [1.807, 2.05) is 24.3 Å². The van der Waals surface area contributed by atoms with Crippen molar-refractivity contribution < 1.29 is 9.90 Å². The van der Waals surface area contributed by atoms with Crippen LogP contribution in [0.15, 0.2) is 48.5 Å². The second-order valence-corrected chi connectivity index (χ2v) is 6.77. The van der Waals surface area contributed by atoms with Gasteiger partial charge in [0.05, 0.1) is 16.6 Å². The van der Waals surface area contributed by atoms with Crippen molar-refractivity contribution in [3.63, 3.8) is 0 Å². The number of carboxylic acids is 1. The maximum absolute atomic E-state index is 11.2. The molecule has 0 spiro atoms. The Labute approximate surface area is 135 Å². The van der Waals surface area contributed by atoms with Crippen LogP contribution >= 0.6 is 0 Å². The summed E-state index contributed by atoms with van der Waals surface area (Å²) in [6, 6.07) is 15.1. The first-order valence-electron chi connectivity index (χ1n) is 7.64. The highest BCUT2D eigenvalue weighted by atomic mass is 16.4. The van der Waals surface area contributed by atoms with E-state index >= 15 is 0 Å². The molecule has 0 aliphatic heterocycles. The van der Waals surface area contributed by atoms with E-state index in [0.29, 0.717) is 12.1 Å². The molecular weight excluding hydrogens is 288 g/mol. The van der Waals surface area contributed by atoms with E-state index in [2.05, 4.69) is 31.4 Å². The number of hydrogen-bond acceptors (Lipinski definition) is 2. The van der Waals surface area contributed by atoms with Crippen LogP contribution in [0.5, 0.6) is 0 Å². The van der Waals surface area contributed by atoms with E-state index in [1.54, 1.807) is 18.2 Å². The average molecular weight is 308 g/mol. The lowest BCUT2D eigenvalue weighted by Gasteiger charge is -2.20. The lowest BCUT2D eigenvalue weighted by molar-refractivity contribution is 0.0696. The molecule has 3 rings (SSSR count). The van der Waals surface area contributed by atoms with Gasteiger partial charge in [-0.25, -0.2) is 9.78 Å². The van der Waals surface area contributed by atoms with Gasteiger partial charge >= 0.3 is 5.97 Å². The lowest BCUT2D eigenvalue weighted by atomic mass is 9.95. The predicted molar refractivity (Wildman–Crippen MR) is 90.9 cm³/mol. The third-order valence-electron chi connectivity index (χ3n) is 3.84. The highest BCUT2D eigenvalue weighted by Gasteiger charge is 2.22. The van der Waals surface area contributed by atoms with Crippen molar-refractivity contribution in [1.82, 2.24) is 9.55 Å². The van der Waals surface area contributed by atoms with Crippen molar-refractivity contribution >= 4 is 17.0 Å². The zero-order valence-electron chi connectivity index (χ0n) is 13.6. The van der Waals surface area contributed by atoms with Gasteiger partial charge in [0.25, 0.3) is 0 Å². The second-order valence-electron chi connectivity index (χ2n) is 6.77. The summed E-state index contributed by atoms with van der Waals surface area (Å²) in [5.74, 6) is 0.0952. The minimum atomic E-state index is -0.904. The highest BCUT2D eigenvalue weighted by Crippen LogP contribution is 2.27. The molecule has 0 atom stereocenters. The summed E-state index contributed by atoms with van der Waals surface area (Å²) < 4.78 is 2.18. The Balaban J connectivity index is 2.12. The molecule has 0 radical (unpaired) electrons. The van der Waals surface area contributed by atoms with Crippen LogP contribution in [-0.4, -0.2) is 20.6 Å². The topological polar surface area (TPSA) is 55.1 Å². The van der Waals surface area contributed by atoms with E-state index in [0.717, 1.165) is 22.4 Å². The molecule has 3 aromatic rings. The number of fused-ring (bicyclic) bond motifs is 1. The number of imidazole rings is 1. The molecular formula is C19H20N2O2. The molecule has 118 valence electrons. The molecule has 4 nitrogen and oxygen atoms in total. The number of aromatic carboxylic acids is 1. The van der Waals surface area contributed by atoms with Gasteiger partial charge in [0.2, 0.25) is 0 Å². The van der Waals surface area contributed by atoms with Crippen LogP contribution < -0.4 is 0 Å². The molecule has 0 aliphatic rings. The minimum Gasteiger partial charge on any atom is -0.478 e. The first kappa shape index (κ1) is 15.3. The Hall–Kier alpha value is -2.62. The summed E-state index contributed by atoms with van der Waals surface area (Å²) in [6.07, 6.45) is 0. The number of benzene rings is 2. The fourth-order valence-electron chi connectivity index (χ4n) is 2.79. The van der Waals surface area contributed by atoms with Crippen molar-refractivity contribution in [2.24, 2.45) is 0 Å². The van der Waals surface area contributed by atoms with Gasteiger partial charge in [-0.1, -0.05) is 45.0 Å². The summed E-state index contributed by atoms with van der Waals surface area (Å²) in [6.45, 7) is 7.02. The average Bonchev–Trinajstić information content (AvgIpc) is 2.87. The number of aromatic nitrogens is 2. The summed E-state index contributed by atoms with van der Waals surface area (Å²) in [5.41, 5.74) is 3.21. The van der Waals surface area contributed by atoms with Crippen LogP contribution in [0.3, 0.4) is 0 Å². The number of hydrogen-bond donors (Lipinski definition) is 1. The molecule has 1 heterocycles. The van der Waals surface area contributed by atoms with E-state index in [9.17, 15) is 9.90 Å². The van der Waals surface area contributed by atoms with E-state index in [4.69, 9.17) is 4.98 Å². The zero-order chi connectivity index (χ0) is 16.6. The molecule has 0 aliphatic carbocycles. The van der Waals surface area contributed by atoms with Crippen molar-refractivity contribution in [3.05, 3.63) is 65.5 Å². The Morgan fingerprint density at radius 2 is 1.87 bits per heavy atom. The molecule has 0 saturated carbocycles. The molecule has 23 heavy (non-hydrogen) atoms. The van der Waals surface area contributed by atoms with Crippen molar-refractivity contribution in [1.29, 1.82) is 0 Å². The number of para-hydroxylation sites is 2. The number of carbonyl (C=O) groups is 1. The SMILES string of the molecule is CC(C)(C)c1nc2ccccc2n1Cc1cccc(C(=O)O)c1. The number of carboxylic acid groups (broad SMARTS) is 1. The first-order chi connectivity index (χ1) is 10.9. The normalized spacial score (nSPS) is 11.8. The molecule has 0 bridgehead atoms. The van der Waals surface area contributed by atoms with Crippen LogP contribution in [0.4, 0.5) is 0 Å². The standard InChI is InChI=1S/C19H20N2O2/c1-19(2,3)18-20-15-9-4-5-10-16(15)21(18)12-13-7-6-8-14(11-13)17(22)23/h4-11H,12H2,1-3H3,(H,22,23). The molecule has 0 unspecified atom stereocenters. The van der Waals surface area contributed by atoms with Crippen molar-refractivity contribution in [2.45, 2.75) is 32.7 Å². The van der Waals surface area contributed by atoms with Gasteiger partial charge in [-0.3, -0.25) is 0 Å². The van der Waals surface area contributed by atoms with Crippen LogP contribution in [0.2, 0.25) is 0 Å². The number of rotatable bonds is 3. The molecule has 0 fully saturated rings. The monoisotopic (exact) mass is 308 g/mol. The third-order valence-corrected chi connectivity index (χ3v) is 3.84. The molecule has 0 amide bonds. The minimum absolute atomic E-state index is 0.0938. The van der Waals surface area contributed by atoms with Crippen molar-refractivity contribution in [2.75, 3.05) is 0 Å². The summed E-state index contributed by atoms with van der Waals surface area (Å²) in [5, 5.41) is 9.17. The number of nitrogens with zero attached hydrogens (tertiary/aromatic N) is 2. The van der Waals surface area contributed by atoms with Crippen LogP contribution in [0.25, 0.3) is 11.0 Å². The predicted octanol–water partition coefficient (Wildman–Crippen LogP) is 4.08. The quantitative estimate of drug-likeness (QED) is 0.793. The van der Waals surface area contributed by atoms with Crippen molar-refractivity contribution in [3.8, 4) is 0 Å². The fourth-order valence-corrected chi connectivity index (χ4v) is 2.79. The van der Waals surface area contributed by atoms with Crippen LogP contribution in [-0.2, 0) is 12.0 Å². The second kappa shape index (κ2) is 5.54. The van der Waals surface area contributed by atoms with E-state index in [-0.39, 0.29) is 5.41 Å². The third kappa shape index (κ3) is 2.97. The van der Waals surface area contributed by atoms with Crippen LogP contribution in [0.1, 0.15) is 42.5 Å². The summed E-state index contributed by atoms with van der Waals surface area (Å²) in [4.78, 5) is 16.0. The lowest BCUT2D eigenvalue weighted by Crippen LogP contribution is -2.19.